The van der Waals surface area contributed by atoms with Gasteiger partial charge in [0.05, 0.1) is 18.1 Å². The first kappa shape index (κ1) is 16.5. The standard InChI is InChI=1S/C19H22N6O/c1-19(2,18(26)20-3)25-16-10-21-9-15(24-16)14-8-23-17-13(14)6-12(7-22-17)11-4-5-11/h6-11H,4-5H2,1-3H3,(H,20,26)(H,22,23)(H,24,25). The topological polar surface area (TPSA) is 95.6 Å². The smallest absolute Gasteiger partial charge is 0.244 e. The first-order valence-electron chi connectivity index (χ1n) is 8.78. The number of nitrogens with zero attached hydrogens (tertiary/aromatic N) is 3. The number of aromatic amines is 1. The molecule has 1 amide bonds. The lowest BCUT2D eigenvalue weighted by Gasteiger charge is -2.24. The summed E-state index contributed by atoms with van der Waals surface area (Å²) in [6.07, 6.45) is 9.69. The summed E-state index contributed by atoms with van der Waals surface area (Å²) >= 11 is 0. The van der Waals surface area contributed by atoms with Gasteiger partial charge in [-0.2, -0.15) is 0 Å². The van der Waals surface area contributed by atoms with Gasteiger partial charge in [-0.25, -0.2) is 9.97 Å². The number of hydrogen-bond acceptors (Lipinski definition) is 5. The molecule has 1 aliphatic carbocycles. The van der Waals surface area contributed by atoms with Crippen molar-refractivity contribution in [1.82, 2.24) is 25.3 Å². The molecular formula is C19H22N6O. The number of carbonyl (C=O) groups is 1. The van der Waals surface area contributed by atoms with Gasteiger partial charge in [0, 0.05) is 30.4 Å². The van der Waals surface area contributed by atoms with E-state index >= 15 is 0 Å². The monoisotopic (exact) mass is 350 g/mol. The van der Waals surface area contributed by atoms with Crippen LogP contribution < -0.4 is 10.6 Å². The largest absolute Gasteiger partial charge is 0.357 e. The molecule has 134 valence electrons. The molecular weight excluding hydrogens is 328 g/mol. The Labute approximate surface area is 151 Å². The van der Waals surface area contributed by atoms with E-state index < -0.39 is 5.54 Å². The molecule has 0 aliphatic heterocycles. The Bertz CT molecular complexity index is 973. The number of H-pyrrole nitrogens is 1. The molecule has 0 saturated heterocycles. The summed E-state index contributed by atoms with van der Waals surface area (Å²) in [5.74, 6) is 1.08. The molecule has 0 radical (unpaired) electrons. The first-order valence-corrected chi connectivity index (χ1v) is 8.78. The van der Waals surface area contributed by atoms with Crippen LogP contribution in [0.25, 0.3) is 22.3 Å². The normalized spacial score (nSPS) is 14.4. The predicted octanol–water partition coefficient (Wildman–Crippen LogP) is 2.83. The third-order valence-corrected chi connectivity index (χ3v) is 4.75. The van der Waals surface area contributed by atoms with Crippen molar-refractivity contribution in [3.05, 3.63) is 36.4 Å². The van der Waals surface area contributed by atoms with Crippen molar-refractivity contribution in [2.24, 2.45) is 0 Å². The van der Waals surface area contributed by atoms with Gasteiger partial charge < -0.3 is 15.6 Å². The fraction of sp³-hybridized carbons (Fsp3) is 0.368. The van der Waals surface area contributed by atoms with Crippen LogP contribution in [-0.2, 0) is 4.79 Å². The number of amides is 1. The lowest BCUT2D eigenvalue weighted by molar-refractivity contribution is -0.124. The van der Waals surface area contributed by atoms with E-state index in [4.69, 9.17) is 0 Å². The van der Waals surface area contributed by atoms with Crippen molar-refractivity contribution >= 4 is 22.8 Å². The molecule has 7 nitrogen and oxygen atoms in total. The molecule has 0 atom stereocenters. The summed E-state index contributed by atoms with van der Waals surface area (Å²) < 4.78 is 0. The summed E-state index contributed by atoms with van der Waals surface area (Å²) in [5.41, 5.74) is 3.03. The van der Waals surface area contributed by atoms with Gasteiger partial charge in [0.15, 0.2) is 0 Å². The second-order valence-electron chi connectivity index (χ2n) is 7.26. The van der Waals surface area contributed by atoms with Crippen LogP contribution in [0.2, 0.25) is 0 Å². The average Bonchev–Trinajstić information content (AvgIpc) is 3.40. The van der Waals surface area contributed by atoms with Crippen molar-refractivity contribution in [3.63, 3.8) is 0 Å². The van der Waals surface area contributed by atoms with Crippen LogP contribution in [0.4, 0.5) is 5.82 Å². The molecule has 3 aromatic rings. The van der Waals surface area contributed by atoms with Gasteiger partial charge >= 0.3 is 0 Å². The van der Waals surface area contributed by atoms with Crippen molar-refractivity contribution in [3.8, 4) is 11.3 Å². The van der Waals surface area contributed by atoms with E-state index in [1.54, 1.807) is 33.3 Å². The maximum atomic E-state index is 12.0. The molecule has 26 heavy (non-hydrogen) atoms. The Morgan fingerprint density at radius 1 is 1.27 bits per heavy atom. The number of rotatable bonds is 5. The number of pyridine rings is 1. The van der Waals surface area contributed by atoms with Gasteiger partial charge in [-0.05, 0) is 44.2 Å². The predicted molar refractivity (Wildman–Crippen MR) is 101 cm³/mol. The number of fused-ring (bicyclic) bond motifs is 1. The Hall–Kier alpha value is -2.96. The maximum Gasteiger partial charge on any atom is 0.244 e. The molecule has 0 spiro atoms. The highest BCUT2D eigenvalue weighted by Crippen LogP contribution is 2.41. The molecule has 3 N–H and O–H groups in total. The van der Waals surface area contributed by atoms with Gasteiger partial charge in [-0.15, -0.1) is 0 Å². The van der Waals surface area contributed by atoms with Gasteiger partial charge in [0.25, 0.3) is 0 Å². The zero-order chi connectivity index (χ0) is 18.3. The van der Waals surface area contributed by atoms with E-state index in [0.717, 1.165) is 22.3 Å². The molecule has 0 unspecified atom stereocenters. The van der Waals surface area contributed by atoms with Gasteiger partial charge in [-0.1, -0.05) is 0 Å². The number of hydrogen-bond donors (Lipinski definition) is 3. The minimum atomic E-state index is -0.789. The van der Waals surface area contributed by atoms with E-state index in [0.29, 0.717) is 11.7 Å². The zero-order valence-electron chi connectivity index (χ0n) is 15.1. The van der Waals surface area contributed by atoms with Crippen LogP contribution in [0.1, 0.15) is 38.2 Å². The van der Waals surface area contributed by atoms with E-state index in [2.05, 4.69) is 36.6 Å². The lowest BCUT2D eigenvalue weighted by Crippen LogP contribution is -2.46. The van der Waals surface area contributed by atoms with E-state index in [1.165, 1.54) is 18.4 Å². The molecule has 1 saturated carbocycles. The first-order chi connectivity index (χ1) is 12.5. The van der Waals surface area contributed by atoms with Gasteiger partial charge in [0.2, 0.25) is 5.91 Å². The summed E-state index contributed by atoms with van der Waals surface area (Å²) in [6.45, 7) is 3.61. The van der Waals surface area contributed by atoms with Gasteiger partial charge in [0.1, 0.15) is 17.0 Å². The van der Waals surface area contributed by atoms with E-state index in [9.17, 15) is 4.79 Å². The molecule has 1 aliphatic rings. The Morgan fingerprint density at radius 2 is 2.08 bits per heavy atom. The van der Waals surface area contributed by atoms with Crippen molar-refractivity contribution < 1.29 is 4.79 Å². The zero-order valence-corrected chi connectivity index (χ0v) is 15.1. The summed E-state index contributed by atoms with van der Waals surface area (Å²) in [6, 6.07) is 2.20. The quantitative estimate of drug-likeness (QED) is 0.658. The minimum Gasteiger partial charge on any atom is -0.357 e. The van der Waals surface area contributed by atoms with Crippen molar-refractivity contribution in [1.29, 1.82) is 0 Å². The highest BCUT2D eigenvalue weighted by molar-refractivity contribution is 5.93. The summed E-state index contributed by atoms with van der Waals surface area (Å²) in [4.78, 5) is 28.7. The van der Waals surface area contributed by atoms with Crippen LogP contribution in [-0.4, -0.2) is 38.4 Å². The average molecular weight is 350 g/mol. The van der Waals surface area contributed by atoms with Crippen LogP contribution in [0.15, 0.2) is 30.9 Å². The Morgan fingerprint density at radius 3 is 2.81 bits per heavy atom. The second-order valence-corrected chi connectivity index (χ2v) is 7.26. The third-order valence-electron chi connectivity index (χ3n) is 4.75. The van der Waals surface area contributed by atoms with Crippen LogP contribution in [0.3, 0.4) is 0 Å². The highest BCUT2D eigenvalue weighted by Gasteiger charge is 2.27. The molecule has 0 aromatic carbocycles. The van der Waals surface area contributed by atoms with Crippen LogP contribution in [0, 0.1) is 0 Å². The van der Waals surface area contributed by atoms with Crippen LogP contribution >= 0.6 is 0 Å². The Balaban J connectivity index is 1.69. The number of anilines is 1. The fourth-order valence-corrected chi connectivity index (χ4v) is 3.12. The molecule has 3 heterocycles. The van der Waals surface area contributed by atoms with Gasteiger partial charge in [-0.3, -0.25) is 9.78 Å². The third kappa shape index (κ3) is 3.00. The number of aromatic nitrogens is 4. The summed E-state index contributed by atoms with van der Waals surface area (Å²) in [5, 5.41) is 6.85. The summed E-state index contributed by atoms with van der Waals surface area (Å²) in [7, 11) is 1.62. The number of nitrogens with one attached hydrogen (secondary N) is 3. The molecule has 1 fully saturated rings. The maximum absolute atomic E-state index is 12.0. The fourth-order valence-electron chi connectivity index (χ4n) is 3.12. The second kappa shape index (κ2) is 6.09. The SMILES string of the molecule is CNC(=O)C(C)(C)Nc1cncc(-c2c[nH]c3ncc(C4CC4)cc23)n1. The lowest BCUT2D eigenvalue weighted by atomic mass is 10.0. The minimum absolute atomic E-state index is 0.116. The van der Waals surface area contributed by atoms with E-state index in [-0.39, 0.29) is 5.91 Å². The van der Waals surface area contributed by atoms with E-state index in [1.807, 2.05) is 12.4 Å². The molecule has 3 aromatic heterocycles. The number of likely N-dealkylation sites (N-methyl/N-ethyl adjacent to an activating group) is 1. The molecule has 7 heteroatoms. The molecule has 0 bridgehead atoms. The highest BCUT2D eigenvalue weighted by atomic mass is 16.2. The molecule has 4 rings (SSSR count). The Kier molecular flexibility index (Phi) is 3.86. The van der Waals surface area contributed by atoms with Crippen molar-refractivity contribution in [2.45, 2.75) is 38.1 Å². The number of carbonyl (C=O) groups excluding carboxylic acids is 1. The van der Waals surface area contributed by atoms with Crippen LogP contribution in [0.5, 0.6) is 0 Å². The van der Waals surface area contributed by atoms with Crippen molar-refractivity contribution in [2.75, 3.05) is 12.4 Å².